The van der Waals surface area contributed by atoms with Crippen LogP contribution in [0.3, 0.4) is 0 Å². The SMILES string of the molecule is CC(C)c1nc(Cc2cccc3ccccc23)sc1CCN. The van der Waals surface area contributed by atoms with E-state index in [2.05, 4.69) is 56.3 Å². The summed E-state index contributed by atoms with van der Waals surface area (Å²) in [7, 11) is 0. The number of fused-ring (bicyclic) bond motifs is 1. The second kappa shape index (κ2) is 6.59. The molecule has 0 radical (unpaired) electrons. The highest BCUT2D eigenvalue weighted by atomic mass is 32.1. The lowest BCUT2D eigenvalue weighted by Gasteiger charge is -2.04. The molecule has 3 aromatic rings. The van der Waals surface area contributed by atoms with Crippen molar-refractivity contribution in [3.8, 4) is 0 Å². The van der Waals surface area contributed by atoms with E-state index in [9.17, 15) is 0 Å². The number of nitrogens with zero attached hydrogens (tertiary/aromatic N) is 1. The Labute approximate surface area is 136 Å². The van der Waals surface area contributed by atoms with E-state index < -0.39 is 0 Å². The maximum absolute atomic E-state index is 5.74. The molecule has 0 fully saturated rings. The summed E-state index contributed by atoms with van der Waals surface area (Å²) < 4.78 is 0. The molecule has 0 saturated heterocycles. The van der Waals surface area contributed by atoms with Gasteiger partial charge in [-0.1, -0.05) is 56.3 Å². The molecule has 2 nitrogen and oxygen atoms in total. The maximum atomic E-state index is 5.74. The Hall–Kier alpha value is -1.71. The molecule has 0 unspecified atom stereocenters. The molecule has 1 aromatic heterocycles. The first kappa shape index (κ1) is 15.2. The molecule has 0 aliphatic rings. The highest BCUT2D eigenvalue weighted by Crippen LogP contribution is 2.28. The molecule has 2 N–H and O–H groups in total. The number of hydrogen-bond acceptors (Lipinski definition) is 3. The van der Waals surface area contributed by atoms with Crippen molar-refractivity contribution < 1.29 is 0 Å². The van der Waals surface area contributed by atoms with Gasteiger partial charge in [0.15, 0.2) is 0 Å². The van der Waals surface area contributed by atoms with Gasteiger partial charge in [-0.05, 0) is 35.2 Å². The Balaban J connectivity index is 1.96. The summed E-state index contributed by atoms with van der Waals surface area (Å²) in [6.07, 6.45) is 1.83. The lowest BCUT2D eigenvalue weighted by atomic mass is 10.0. The van der Waals surface area contributed by atoms with Gasteiger partial charge in [-0.3, -0.25) is 0 Å². The number of benzene rings is 2. The topological polar surface area (TPSA) is 38.9 Å². The van der Waals surface area contributed by atoms with Crippen LogP contribution < -0.4 is 5.73 Å². The highest BCUT2D eigenvalue weighted by molar-refractivity contribution is 7.11. The first-order valence-electron chi connectivity index (χ1n) is 7.84. The van der Waals surface area contributed by atoms with E-state index in [0.717, 1.165) is 12.8 Å². The zero-order chi connectivity index (χ0) is 15.5. The lowest BCUT2D eigenvalue weighted by Crippen LogP contribution is -2.04. The van der Waals surface area contributed by atoms with Gasteiger partial charge >= 0.3 is 0 Å². The van der Waals surface area contributed by atoms with Gasteiger partial charge < -0.3 is 5.73 Å². The van der Waals surface area contributed by atoms with E-state index in [-0.39, 0.29) is 0 Å². The van der Waals surface area contributed by atoms with Crippen molar-refractivity contribution in [2.45, 2.75) is 32.6 Å². The minimum atomic E-state index is 0.457. The van der Waals surface area contributed by atoms with Gasteiger partial charge in [-0.2, -0.15) is 0 Å². The molecule has 0 aliphatic heterocycles. The van der Waals surface area contributed by atoms with E-state index in [1.807, 2.05) is 11.3 Å². The van der Waals surface area contributed by atoms with Crippen LogP contribution in [0.4, 0.5) is 0 Å². The molecule has 2 aromatic carbocycles. The second-order valence-electron chi connectivity index (χ2n) is 5.92. The fourth-order valence-electron chi connectivity index (χ4n) is 2.86. The first-order valence-corrected chi connectivity index (χ1v) is 8.66. The van der Waals surface area contributed by atoms with Crippen LogP contribution >= 0.6 is 11.3 Å². The molecule has 3 heteroatoms. The fraction of sp³-hybridized carbons (Fsp3) is 0.316. The number of nitrogens with two attached hydrogens (primary N) is 1. The van der Waals surface area contributed by atoms with Gasteiger partial charge in [0.25, 0.3) is 0 Å². The molecule has 0 aliphatic carbocycles. The summed E-state index contributed by atoms with van der Waals surface area (Å²) in [5.74, 6) is 0.457. The minimum Gasteiger partial charge on any atom is -0.330 e. The van der Waals surface area contributed by atoms with Crippen LogP contribution in [0.1, 0.15) is 40.9 Å². The quantitative estimate of drug-likeness (QED) is 0.753. The molecule has 0 spiro atoms. The van der Waals surface area contributed by atoms with E-state index in [1.54, 1.807) is 0 Å². The Kier molecular flexibility index (Phi) is 4.55. The maximum Gasteiger partial charge on any atom is 0.0975 e. The zero-order valence-corrected chi connectivity index (χ0v) is 14.0. The van der Waals surface area contributed by atoms with Crippen molar-refractivity contribution in [1.82, 2.24) is 4.98 Å². The predicted molar refractivity (Wildman–Crippen MR) is 95.7 cm³/mol. The molecule has 1 heterocycles. The van der Waals surface area contributed by atoms with Crippen molar-refractivity contribution in [1.29, 1.82) is 0 Å². The monoisotopic (exact) mass is 310 g/mol. The van der Waals surface area contributed by atoms with Gasteiger partial charge in [0.2, 0.25) is 0 Å². The van der Waals surface area contributed by atoms with Crippen LogP contribution in [-0.2, 0) is 12.8 Å². The van der Waals surface area contributed by atoms with E-state index >= 15 is 0 Å². The summed E-state index contributed by atoms with van der Waals surface area (Å²) in [4.78, 5) is 6.25. The smallest absolute Gasteiger partial charge is 0.0975 e. The van der Waals surface area contributed by atoms with Crippen molar-refractivity contribution in [3.63, 3.8) is 0 Å². The summed E-state index contributed by atoms with van der Waals surface area (Å²) in [6.45, 7) is 5.10. The van der Waals surface area contributed by atoms with Crippen molar-refractivity contribution >= 4 is 22.1 Å². The first-order chi connectivity index (χ1) is 10.7. The molecule has 0 bridgehead atoms. The van der Waals surface area contributed by atoms with Gasteiger partial charge in [0, 0.05) is 11.3 Å². The van der Waals surface area contributed by atoms with Gasteiger partial charge in [0.1, 0.15) is 0 Å². The number of rotatable bonds is 5. The molecule has 0 saturated carbocycles. The van der Waals surface area contributed by atoms with E-state index in [4.69, 9.17) is 10.7 Å². The number of thiazole rings is 1. The minimum absolute atomic E-state index is 0.457. The third kappa shape index (κ3) is 3.06. The predicted octanol–water partition coefficient (Wildman–Crippen LogP) is 4.51. The van der Waals surface area contributed by atoms with Gasteiger partial charge in [0.05, 0.1) is 10.7 Å². The van der Waals surface area contributed by atoms with Crippen LogP contribution in [0.25, 0.3) is 10.8 Å². The third-order valence-corrected chi connectivity index (χ3v) is 5.04. The number of hydrogen-bond donors (Lipinski definition) is 1. The Morgan fingerprint density at radius 3 is 2.64 bits per heavy atom. The van der Waals surface area contributed by atoms with Crippen molar-refractivity contribution in [3.05, 3.63) is 63.6 Å². The Morgan fingerprint density at radius 2 is 1.86 bits per heavy atom. The van der Waals surface area contributed by atoms with Gasteiger partial charge in [-0.25, -0.2) is 4.98 Å². The molecular weight excluding hydrogens is 288 g/mol. The summed E-state index contributed by atoms with van der Waals surface area (Å²) in [5, 5.41) is 3.82. The largest absolute Gasteiger partial charge is 0.330 e. The summed E-state index contributed by atoms with van der Waals surface area (Å²) >= 11 is 1.82. The molecule has 3 rings (SSSR count). The van der Waals surface area contributed by atoms with E-state index in [0.29, 0.717) is 12.5 Å². The summed E-state index contributed by atoms with van der Waals surface area (Å²) in [5.41, 5.74) is 8.32. The van der Waals surface area contributed by atoms with Crippen LogP contribution in [0.2, 0.25) is 0 Å². The normalized spacial score (nSPS) is 11.5. The standard InChI is InChI=1S/C19H22N2S/c1-13(2)19-17(10-11-20)22-18(21-19)12-15-8-5-7-14-6-3-4-9-16(14)15/h3-9,13H,10-12,20H2,1-2H3. The third-order valence-electron chi connectivity index (χ3n) is 3.91. The number of aromatic nitrogens is 1. The van der Waals surface area contributed by atoms with E-state index in [1.165, 1.54) is 31.9 Å². The molecule has 0 atom stereocenters. The van der Waals surface area contributed by atoms with Crippen LogP contribution in [0.5, 0.6) is 0 Å². The molecular formula is C19H22N2S. The van der Waals surface area contributed by atoms with Crippen LogP contribution in [-0.4, -0.2) is 11.5 Å². The molecule has 114 valence electrons. The van der Waals surface area contributed by atoms with Crippen molar-refractivity contribution in [2.75, 3.05) is 6.54 Å². The zero-order valence-electron chi connectivity index (χ0n) is 13.2. The van der Waals surface area contributed by atoms with Gasteiger partial charge in [-0.15, -0.1) is 11.3 Å². The summed E-state index contributed by atoms with van der Waals surface area (Å²) in [6, 6.07) is 15.1. The highest BCUT2D eigenvalue weighted by Gasteiger charge is 2.14. The molecule has 22 heavy (non-hydrogen) atoms. The van der Waals surface area contributed by atoms with Crippen LogP contribution in [0.15, 0.2) is 42.5 Å². The second-order valence-corrected chi connectivity index (χ2v) is 7.09. The Bertz CT molecular complexity index is 769. The Morgan fingerprint density at radius 1 is 1.09 bits per heavy atom. The fourth-order valence-corrected chi connectivity index (χ4v) is 4.12. The van der Waals surface area contributed by atoms with Crippen molar-refractivity contribution in [2.24, 2.45) is 5.73 Å². The lowest BCUT2D eigenvalue weighted by molar-refractivity contribution is 0.802. The average molecular weight is 310 g/mol. The average Bonchev–Trinajstić information content (AvgIpc) is 2.91. The van der Waals surface area contributed by atoms with Crippen LogP contribution in [0, 0.1) is 0 Å². The molecule has 0 amide bonds.